The molecule has 0 saturated carbocycles. The Morgan fingerprint density at radius 3 is 2.85 bits per heavy atom. The van der Waals surface area contributed by atoms with Gasteiger partial charge in [-0.3, -0.25) is 14.6 Å². The van der Waals surface area contributed by atoms with Crippen LogP contribution in [-0.2, 0) is 16.0 Å². The third kappa shape index (κ3) is 4.76. The maximum absolute atomic E-state index is 12.2. The lowest BCUT2D eigenvalue weighted by Crippen LogP contribution is -2.15. The van der Waals surface area contributed by atoms with Crippen LogP contribution in [0, 0.1) is 5.92 Å². The van der Waals surface area contributed by atoms with Gasteiger partial charge in [0.2, 0.25) is 0 Å². The molecule has 110 valence electrons. The zero-order chi connectivity index (χ0) is 14.8. The highest BCUT2D eigenvalue weighted by Crippen LogP contribution is 2.25. The fourth-order valence-corrected chi connectivity index (χ4v) is 2.42. The fraction of sp³-hybridized carbons (Fsp3) is 0.562. The van der Waals surface area contributed by atoms with Gasteiger partial charge >= 0.3 is 0 Å². The van der Waals surface area contributed by atoms with Crippen molar-refractivity contribution in [2.24, 2.45) is 5.92 Å². The Bertz CT molecular complexity index is 431. The number of aromatic nitrogens is 1. The van der Waals surface area contributed by atoms with Gasteiger partial charge in [-0.15, -0.1) is 0 Å². The Morgan fingerprint density at radius 2 is 2.25 bits per heavy atom. The second-order valence-corrected chi connectivity index (χ2v) is 4.80. The highest BCUT2D eigenvalue weighted by molar-refractivity contribution is 5.97. The minimum Gasteiger partial charge on any atom is -0.468 e. The van der Waals surface area contributed by atoms with E-state index < -0.39 is 0 Å². The van der Waals surface area contributed by atoms with E-state index in [-0.39, 0.29) is 11.7 Å². The van der Waals surface area contributed by atoms with E-state index in [1.807, 2.05) is 12.1 Å². The van der Waals surface area contributed by atoms with Crippen LogP contribution in [0.4, 0.5) is 0 Å². The van der Waals surface area contributed by atoms with E-state index in [9.17, 15) is 9.59 Å². The molecule has 1 heterocycles. The molecule has 0 N–H and O–H groups in total. The van der Waals surface area contributed by atoms with Crippen molar-refractivity contribution >= 4 is 12.3 Å². The average Bonchev–Trinajstić information content (AvgIpc) is 2.62. The summed E-state index contributed by atoms with van der Waals surface area (Å²) in [6.45, 7) is 4.80. The van der Waals surface area contributed by atoms with Crippen LogP contribution in [0.15, 0.2) is 18.3 Å². The molecule has 0 bridgehead atoms. The molecule has 1 aliphatic rings. The molecule has 0 amide bonds. The fourth-order valence-electron chi connectivity index (χ4n) is 2.42. The second-order valence-electron chi connectivity index (χ2n) is 4.80. The standard InChI is InChI=1S/C13H17NO.C3H6O2/c1-2-5-11-7-3-6-10-8-4-9-14-12(10)13(11)15;1-2-5-3-4/h4,8-9,11H,2-3,5-7H2,1H3;3H,2H2,1H3. The summed E-state index contributed by atoms with van der Waals surface area (Å²) in [5, 5.41) is 0. The van der Waals surface area contributed by atoms with Crippen LogP contribution >= 0.6 is 0 Å². The van der Waals surface area contributed by atoms with Gasteiger partial charge in [-0.25, -0.2) is 0 Å². The zero-order valence-electron chi connectivity index (χ0n) is 12.3. The number of rotatable bonds is 4. The number of aryl methyl sites for hydroxylation is 1. The van der Waals surface area contributed by atoms with Gasteiger partial charge in [-0.1, -0.05) is 19.4 Å². The Labute approximate surface area is 120 Å². The van der Waals surface area contributed by atoms with Gasteiger partial charge < -0.3 is 4.74 Å². The minimum atomic E-state index is 0.214. The third-order valence-electron chi connectivity index (χ3n) is 3.37. The van der Waals surface area contributed by atoms with Gasteiger partial charge in [-0.05, 0) is 44.2 Å². The lowest BCUT2D eigenvalue weighted by molar-refractivity contribution is -0.128. The summed E-state index contributed by atoms with van der Waals surface area (Å²) in [4.78, 5) is 25.6. The number of hydrogen-bond donors (Lipinski definition) is 0. The summed E-state index contributed by atoms with van der Waals surface area (Å²) in [6.07, 6.45) is 6.98. The molecule has 1 aromatic rings. The monoisotopic (exact) mass is 277 g/mol. The molecule has 0 aromatic carbocycles. The van der Waals surface area contributed by atoms with Crippen LogP contribution in [-0.4, -0.2) is 23.8 Å². The summed E-state index contributed by atoms with van der Waals surface area (Å²) in [6, 6.07) is 3.96. The molecule has 0 radical (unpaired) electrons. The molecule has 0 saturated heterocycles. The van der Waals surface area contributed by atoms with E-state index in [0.717, 1.165) is 43.4 Å². The number of carbonyl (C=O) groups excluding carboxylic acids is 2. The molecule has 2 rings (SSSR count). The largest absolute Gasteiger partial charge is 0.468 e. The topological polar surface area (TPSA) is 56.3 Å². The Kier molecular flexibility index (Phi) is 7.55. The van der Waals surface area contributed by atoms with E-state index in [2.05, 4.69) is 16.6 Å². The van der Waals surface area contributed by atoms with Crippen molar-refractivity contribution in [1.82, 2.24) is 4.98 Å². The van der Waals surface area contributed by atoms with Crippen molar-refractivity contribution in [3.8, 4) is 0 Å². The molecule has 1 aliphatic carbocycles. The lowest BCUT2D eigenvalue weighted by Gasteiger charge is -2.10. The first-order valence-corrected chi connectivity index (χ1v) is 7.27. The van der Waals surface area contributed by atoms with Crippen LogP contribution in [0.5, 0.6) is 0 Å². The minimum absolute atomic E-state index is 0.214. The summed E-state index contributed by atoms with van der Waals surface area (Å²) < 4.78 is 4.15. The summed E-state index contributed by atoms with van der Waals surface area (Å²) in [7, 11) is 0. The van der Waals surface area contributed by atoms with E-state index in [1.165, 1.54) is 0 Å². The van der Waals surface area contributed by atoms with Gasteiger partial charge in [0.05, 0.1) is 6.61 Å². The van der Waals surface area contributed by atoms with Gasteiger partial charge in [0.15, 0.2) is 5.78 Å². The lowest BCUT2D eigenvalue weighted by atomic mass is 9.93. The van der Waals surface area contributed by atoms with Crippen LogP contribution in [0.25, 0.3) is 0 Å². The van der Waals surface area contributed by atoms with Crippen LogP contribution < -0.4 is 0 Å². The van der Waals surface area contributed by atoms with E-state index >= 15 is 0 Å². The van der Waals surface area contributed by atoms with Crippen molar-refractivity contribution in [1.29, 1.82) is 0 Å². The molecular formula is C16H23NO3. The molecule has 20 heavy (non-hydrogen) atoms. The molecule has 0 spiro atoms. The number of carbonyl (C=O) groups is 2. The van der Waals surface area contributed by atoms with Gasteiger partial charge in [0.25, 0.3) is 6.47 Å². The number of ketones is 1. The zero-order valence-corrected chi connectivity index (χ0v) is 12.3. The molecule has 4 heteroatoms. The third-order valence-corrected chi connectivity index (χ3v) is 3.37. The van der Waals surface area contributed by atoms with Crippen molar-refractivity contribution in [2.75, 3.05) is 6.61 Å². The van der Waals surface area contributed by atoms with Crippen LogP contribution in [0.2, 0.25) is 0 Å². The van der Waals surface area contributed by atoms with Crippen molar-refractivity contribution in [3.05, 3.63) is 29.6 Å². The van der Waals surface area contributed by atoms with E-state index in [1.54, 1.807) is 13.1 Å². The predicted octanol–water partition coefficient (Wildman–Crippen LogP) is 3.20. The van der Waals surface area contributed by atoms with Gasteiger partial charge in [0, 0.05) is 12.1 Å². The summed E-state index contributed by atoms with van der Waals surface area (Å²) >= 11 is 0. The molecular weight excluding hydrogens is 254 g/mol. The Morgan fingerprint density at radius 1 is 1.45 bits per heavy atom. The smallest absolute Gasteiger partial charge is 0.293 e. The normalized spacial score (nSPS) is 17.3. The molecule has 1 atom stereocenters. The number of Topliss-reactive ketones (excluding diaryl/α,β-unsaturated/α-hetero) is 1. The summed E-state index contributed by atoms with van der Waals surface area (Å²) in [5.41, 5.74) is 1.87. The average molecular weight is 277 g/mol. The quantitative estimate of drug-likeness (QED) is 0.626. The van der Waals surface area contributed by atoms with Crippen molar-refractivity contribution in [3.63, 3.8) is 0 Å². The molecule has 0 aliphatic heterocycles. The first kappa shape index (κ1) is 16.3. The van der Waals surface area contributed by atoms with Gasteiger partial charge in [-0.2, -0.15) is 0 Å². The van der Waals surface area contributed by atoms with Gasteiger partial charge in [0.1, 0.15) is 5.69 Å². The first-order chi connectivity index (χ1) is 9.74. The number of hydrogen-bond acceptors (Lipinski definition) is 4. The Hall–Kier alpha value is -1.71. The summed E-state index contributed by atoms with van der Waals surface area (Å²) in [5.74, 6) is 0.482. The maximum atomic E-state index is 12.2. The predicted molar refractivity (Wildman–Crippen MR) is 77.6 cm³/mol. The molecule has 0 fully saturated rings. The maximum Gasteiger partial charge on any atom is 0.293 e. The highest BCUT2D eigenvalue weighted by atomic mass is 16.5. The highest BCUT2D eigenvalue weighted by Gasteiger charge is 2.25. The Balaban J connectivity index is 0.000000347. The van der Waals surface area contributed by atoms with Crippen LogP contribution in [0.3, 0.4) is 0 Å². The molecule has 1 unspecified atom stereocenters. The SMILES string of the molecule is CCCC1CCCc2cccnc2C1=O.CCOC=O. The van der Waals surface area contributed by atoms with Crippen molar-refractivity contribution in [2.45, 2.75) is 46.0 Å². The number of fused-ring (bicyclic) bond motifs is 1. The number of ether oxygens (including phenoxy) is 1. The van der Waals surface area contributed by atoms with Crippen LogP contribution in [0.1, 0.15) is 55.6 Å². The van der Waals surface area contributed by atoms with E-state index in [0.29, 0.717) is 13.1 Å². The molecule has 1 aromatic heterocycles. The van der Waals surface area contributed by atoms with Crippen molar-refractivity contribution < 1.29 is 14.3 Å². The molecule has 4 nitrogen and oxygen atoms in total. The number of pyridine rings is 1. The first-order valence-electron chi connectivity index (χ1n) is 7.27. The number of nitrogens with zero attached hydrogens (tertiary/aromatic N) is 1. The second kappa shape index (κ2) is 9.23. The van der Waals surface area contributed by atoms with E-state index in [4.69, 9.17) is 0 Å².